The van der Waals surface area contributed by atoms with Gasteiger partial charge in [-0.2, -0.15) is 0 Å². The van der Waals surface area contributed by atoms with Crippen molar-refractivity contribution < 1.29 is 14.7 Å². The lowest BCUT2D eigenvalue weighted by atomic mass is 9.98. The second-order valence-corrected chi connectivity index (χ2v) is 5.75. The highest BCUT2D eigenvalue weighted by Crippen LogP contribution is 2.49. The van der Waals surface area contributed by atoms with E-state index in [0.717, 1.165) is 24.1 Å². The Labute approximate surface area is 117 Å². The molecule has 5 nitrogen and oxygen atoms in total. The van der Waals surface area contributed by atoms with Gasteiger partial charge in [-0.25, -0.2) is 0 Å². The molecule has 1 aromatic rings. The summed E-state index contributed by atoms with van der Waals surface area (Å²) in [4.78, 5) is 25.4. The monoisotopic (exact) mass is 274 g/mol. The number of nitrogens with zero attached hydrogens (tertiary/aromatic N) is 1. The quantitative estimate of drug-likeness (QED) is 0.867. The Hall–Kier alpha value is -1.88. The maximum Gasteiger partial charge on any atom is 0.304 e. The van der Waals surface area contributed by atoms with Crippen LogP contribution in [0.1, 0.15) is 30.7 Å². The second-order valence-electron chi connectivity index (χ2n) is 5.75. The van der Waals surface area contributed by atoms with E-state index in [9.17, 15) is 9.59 Å². The summed E-state index contributed by atoms with van der Waals surface area (Å²) in [6.45, 7) is 0.820. The van der Waals surface area contributed by atoms with Gasteiger partial charge < -0.3 is 15.7 Å². The number of carbonyl (C=O) groups excluding carboxylic acids is 1. The summed E-state index contributed by atoms with van der Waals surface area (Å²) in [6.07, 6.45) is 1.73. The van der Waals surface area contributed by atoms with Gasteiger partial charge in [0.1, 0.15) is 0 Å². The van der Waals surface area contributed by atoms with Gasteiger partial charge in [0.05, 0.1) is 11.8 Å². The molecular formula is C15H18N2O3. The van der Waals surface area contributed by atoms with Crippen molar-refractivity contribution in [2.75, 3.05) is 18.0 Å². The lowest BCUT2D eigenvalue weighted by Gasteiger charge is -2.23. The maximum absolute atomic E-state index is 12.7. The van der Waals surface area contributed by atoms with E-state index >= 15 is 0 Å². The molecule has 5 heteroatoms. The number of carbonyl (C=O) groups is 2. The van der Waals surface area contributed by atoms with Crippen LogP contribution in [0.15, 0.2) is 24.3 Å². The lowest BCUT2D eigenvalue weighted by molar-refractivity contribution is -0.137. The molecule has 1 heterocycles. The van der Waals surface area contributed by atoms with Crippen LogP contribution in [0, 0.1) is 5.41 Å². The Balaban J connectivity index is 1.91. The van der Waals surface area contributed by atoms with Gasteiger partial charge in [-0.3, -0.25) is 9.59 Å². The summed E-state index contributed by atoms with van der Waals surface area (Å²) >= 11 is 0. The van der Waals surface area contributed by atoms with Crippen molar-refractivity contribution in [2.45, 2.75) is 25.2 Å². The molecule has 1 atom stereocenters. The number of carboxylic acids is 1. The van der Waals surface area contributed by atoms with E-state index in [1.165, 1.54) is 0 Å². The number of aliphatic carboxylic acids is 1. The number of anilines is 1. The summed E-state index contributed by atoms with van der Waals surface area (Å²) < 4.78 is 0. The molecule has 0 bridgehead atoms. The van der Waals surface area contributed by atoms with Gasteiger partial charge in [0.2, 0.25) is 5.91 Å². The topological polar surface area (TPSA) is 83.6 Å². The minimum absolute atomic E-state index is 0.0520. The molecular weight excluding hydrogens is 256 g/mol. The summed E-state index contributed by atoms with van der Waals surface area (Å²) in [7, 11) is 0. The van der Waals surface area contributed by atoms with Crippen molar-refractivity contribution in [1.29, 1.82) is 0 Å². The van der Waals surface area contributed by atoms with Crippen LogP contribution in [0.25, 0.3) is 0 Å². The number of carboxylic acid groups (broad SMARTS) is 1. The highest BCUT2D eigenvalue weighted by Gasteiger charge is 2.52. The van der Waals surface area contributed by atoms with Gasteiger partial charge in [-0.05, 0) is 24.5 Å². The molecule has 1 saturated carbocycles. The molecule has 0 saturated heterocycles. The van der Waals surface area contributed by atoms with E-state index in [1.807, 2.05) is 24.3 Å². The van der Waals surface area contributed by atoms with Crippen LogP contribution < -0.4 is 10.6 Å². The van der Waals surface area contributed by atoms with Crippen LogP contribution >= 0.6 is 0 Å². The molecule has 2 aliphatic rings. The molecule has 1 aliphatic carbocycles. The number of hydrogen-bond donors (Lipinski definition) is 2. The molecule has 0 radical (unpaired) electrons. The fraction of sp³-hybridized carbons (Fsp3) is 0.467. The van der Waals surface area contributed by atoms with E-state index in [4.69, 9.17) is 10.8 Å². The predicted octanol–water partition coefficient (Wildman–Crippen LogP) is 1.33. The lowest BCUT2D eigenvalue weighted by Crippen LogP contribution is -2.40. The average Bonchev–Trinajstić information content (AvgIpc) is 3.16. The summed E-state index contributed by atoms with van der Waals surface area (Å²) in [5, 5.41) is 9.02. The summed E-state index contributed by atoms with van der Waals surface area (Å²) in [5.41, 5.74) is 7.14. The molecule has 1 amide bonds. The van der Waals surface area contributed by atoms with Crippen LogP contribution in [-0.4, -0.2) is 30.1 Å². The molecule has 106 valence electrons. The Morgan fingerprint density at radius 3 is 2.65 bits per heavy atom. The minimum Gasteiger partial charge on any atom is -0.481 e. The highest BCUT2D eigenvalue weighted by atomic mass is 16.4. The van der Waals surface area contributed by atoms with Crippen LogP contribution in [0.4, 0.5) is 5.69 Å². The molecule has 20 heavy (non-hydrogen) atoms. The van der Waals surface area contributed by atoms with Crippen molar-refractivity contribution >= 4 is 17.6 Å². The van der Waals surface area contributed by atoms with Gasteiger partial charge in [0.25, 0.3) is 0 Å². The fourth-order valence-corrected chi connectivity index (χ4v) is 3.02. The van der Waals surface area contributed by atoms with Crippen molar-refractivity contribution in [2.24, 2.45) is 11.1 Å². The number of hydrogen-bond acceptors (Lipinski definition) is 3. The molecule has 1 fully saturated rings. The van der Waals surface area contributed by atoms with Gasteiger partial charge >= 0.3 is 5.97 Å². The Morgan fingerprint density at radius 2 is 2.05 bits per heavy atom. The predicted molar refractivity (Wildman–Crippen MR) is 74.5 cm³/mol. The highest BCUT2D eigenvalue weighted by molar-refractivity contribution is 6.01. The third-order valence-electron chi connectivity index (χ3n) is 4.43. The van der Waals surface area contributed by atoms with Crippen molar-refractivity contribution in [3.8, 4) is 0 Å². The van der Waals surface area contributed by atoms with E-state index in [-0.39, 0.29) is 18.2 Å². The standard InChI is InChI=1S/C15H18N2O3/c16-9-15(5-6-15)14(20)17-8-10(7-13(18)19)11-3-1-2-4-12(11)17/h1-4,10H,5-9,16H2,(H,18,19). The first-order valence-electron chi connectivity index (χ1n) is 6.90. The number of para-hydroxylation sites is 1. The average molecular weight is 274 g/mol. The van der Waals surface area contributed by atoms with Crippen LogP contribution in [0.3, 0.4) is 0 Å². The largest absolute Gasteiger partial charge is 0.481 e. The van der Waals surface area contributed by atoms with E-state index < -0.39 is 11.4 Å². The molecule has 1 unspecified atom stereocenters. The van der Waals surface area contributed by atoms with Crippen molar-refractivity contribution in [3.63, 3.8) is 0 Å². The third-order valence-corrected chi connectivity index (χ3v) is 4.43. The number of nitrogens with two attached hydrogens (primary N) is 1. The maximum atomic E-state index is 12.7. The molecule has 1 aromatic carbocycles. The van der Waals surface area contributed by atoms with Crippen LogP contribution in [0.2, 0.25) is 0 Å². The molecule has 0 aromatic heterocycles. The van der Waals surface area contributed by atoms with E-state index in [1.54, 1.807) is 4.90 Å². The molecule has 3 rings (SSSR count). The van der Waals surface area contributed by atoms with Gasteiger partial charge in [0, 0.05) is 24.7 Å². The minimum atomic E-state index is -0.834. The van der Waals surface area contributed by atoms with Gasteiger partial charge in [-0.1, -0.05) is 18.2 Å². The van der Waals surface area contributed by atoms with Crippen molar-refractivity contribution in [3.05, 3.63) is 29.8 Å². The first kappa shape index (κ1) is 13.1. The van der Waals surface area contributed by atoms with Crippen molar-refractivity contribution in [1.82, 2.24) is 0 Å². The Bertz CT molecular complexity index is 566. The normalized spacial score (nSPS) is 22.4. The summed E-state index contributed by atoms with van der Waals surface area (Å²) in [5.74, 6) is -0.902. The van der Waals surface area contributed by atoms with Crippen LogP contribution in [-0.2, 0) is 9.59 Å². The zero-order valence-electron chi connectivity index (χ0n) is 11.2. The number of amides is 1. The second kappa shape index (κ2) is 4.59. The number of rotatable bonds is 4. The molecule has 1 aliphatic heterocycles. The fourth-order valence-electron chi connectivity index (χ4n) is 3.02. The zero-order chi connectivity index (χ0) is 14.3. The molecule has 3 N–H and O–H groups in total. The third kappa shape index (κ3) is 1.98. The number of fused-ring (bicyclic) bond motifs is 1. The van der Waals surface area contributed by atoms with E-state index in [0.29, 0.717) is 13.1 Å². The SMILES string of the molecule is NCC1(C(=O)N2CC(CC(=O)O)c3ccccc32)CC1. The summed E-state index contributed by atoms with van der Waals surface area (Å²) in [6, 6.07) is 7.57. The van der Waals surface area contributed by atoms with Crippen LogP contribution in [0.5, 0.6) is 0 Å². The van der Waals surface area contributed by atoms with E-state index in [2.05, 4.69) is 0 Å². The van der Waals surface area contributed by atoms with Gasteiger partial charge in [0.15, 0.2) is 0 Å². The Morgan fingerprint density at radius 1 is 1.35 bits per heavy atom. The number of benzene rings is 1. The Kier molecular flexibility index (Phi) is 3.01. The zero-order valence-corrected chi connectivity index (χ0v) is 11.2. The first-order chi connectivity index (χ1) is 9.57. The van der Waals surface area contributed by atoms with Gasteiger partial charge in [-0.15, -0.1) is 0 Å². The first-order valence-corrected chi connectivity index (χ1v) is 6.90. The molecule has 0 spiro atoms. The smallest absolute Gasteiger partial charge is 0.304 e.